The number of rotatable bonds is 6. The predicted molar refractivity (Wildman–Crippen MR) is 81.7 cm³/mol. The van der Waals surface area contributed by atoms with E-state index in [4.69, 9.17) is 13.6 Å². The Kier molecular flexibility index (Phi) is 7.96. The summed E-state index contributed by atoms with van der Waals surface area (Å²) in [5, 5.41) is -0.582. The predicted octanol–water partition coefficient (Wildman–Crippen LogP) is 0.492. The van der Waals surface area contributed by atoms with Gasteiger partial charge in [-0.25, -0.2) is 4.79 Å². The maximum atomic E-state index is 10.7. The summed E-state index contributed by atoms with van der Waals surface area (Å²) in [4.78, 5) is 14.6. The summed E-state index contributed by atoms with van der Waals surface area (Å²) in [5.41, 5.74) is 0. The van der Waals surface area contributed by atoms with E-state index in [0.29, 0.717) is 0 Å². The van der Waals surface area contributed by atoms with Crippen LogP contribution in [0, 0.1) is 0 Å². The molecule has 0 spiro atoms. The van der Waals surface area contributed by atoms with Crippen LogP contribution in [-0.4, -0.2) is 58.2 Å². The van der Waals surface area contributed by atoms with Crippen molar-refractivity contribution in [3.8, 4) is 0 Å². The molecule has 1 rings (SSSR count). The van der Waals surface area contributed by atoms with E-state index in [1.54, 1.807) is 27.4 Å². The second kappa shape index (κ2) is 8.09. The molecule has 0 aliphatic carbocycles. The zero-order valence-corrected chi connectivity index (χ0v) is 12.7. The van der Waals surface area contributed by atoms with Crippen molar-refractivity contribution in [1.29, 1.82) is 0 Å². The van der Waals surface area contributed by atoms with E-state index in [2.05, 4.69) is 11.9 Å². The highest BCUT2D eigenvalue weighted by atomic mass is 28.4. The summed E-state index contributed by atoms with van der Waals surface area (Å²) in [7, 11) is 2.48. The maximum Gasteiger partial charge on any atom is 0.373 e. The van der Waals surface area contributed by atoms with Gasteiger partial charge in [0.15, 0.2) is 0 Å². The van der Waals surface area contributed by atoms with Crippen LogP contribution in [0.3, 0.4) is 0 Å². The summed E-state index contributed by atoms with van der Waals surface area (Å²) in [6, 6.07) is 0.666. The monoisotopic (exact) mass is 305 g/mol. The third kappa shape index (κ3) is 3.07. The van der Waals surface area contributed by atoms with Crippen LogP contribution in [0.2, 0.25) is 6.04 Å². The Hall–Kier alpha value is -0.306. The molecule has 0 saturated carbocycles. The highest BCUT2D eigenvalue weighted by Gasteiger charge is 2.63. The quantitative estimate of drug-likeness (QED) is 0.407. The molecule has 19 heavy (non-hydrogen) atoms. The van der Waals surface area contributed by atoms with Gasteiger partial charge in [-0.2, -0.15) is 4.99 Å². The number of carbonyl (C=O) groups excluding carboxylic acids is 1. The first-order valence-corrected chi connectivity index (χ1v) is 8.41. The van der Waals surface area contributed by atoms with Crippen LogP contribution >= 0.6 is 0 Å². The van der Waals surface area contributed by atoms with Gasteiger partial charge in [-0.3, -0.25) is 0 Å². The number of hydrogen-bond acceptors (Lipinski definition) is 5. The van der Waals surface area contributed by atoms with Crippen molar-refractivity contribution >= 4 is 25.6 Å². The molecule has 0 bridgehead atoms. The van der Waals surface area contributed by atoms with Crippen LogP contribution in [0.4, 0.5) is 0 Å². The summed E-state index contributed by atoms with van der Waals surface area (Å²) in [6.07, 6.45) is 5.16. The molecule has 1 aliphatic heterocycles. The molecular weight excluding hydrogens is 278 g/mol. The number of nitrogens with zero attached hydrogens (tertiary/aromatic N) is 1. The first kappa shape index (κ1) is 18.7. The standard InChI is InChI=1S/C12H23NO4Si.H4Si/c1-5-8-12(15-2)11(13-10-14)7-6-9-18(12,16-3)17-4;/h11H,5-9H2,1-4H3;1H4. The Bertz CT molecular complexity index is 319. The van der Waals surface area contributed by atoms with Gasteiger partial charge in [0.1, 0.15) is 5.22 Å². The van der Waals surface area contributed by atoms with E-state index >= 15 is 0 Å². The fourth-order valence-electron chi connectivity index (χ4n) is 3.21. The summed E-state index contributed by atoms with van der Waals surface area (Å²) in [5.74, 6) is 0. The number of isocyanates is 1. The Balaban J connectivity index is 0.00000324. The van der Waals surface area contributed by atoms with Crippen LogP contribution < -0.4 is 0 Å². The molecule has 1 fully saturated rings. The second-order valence-electron chi connectivity index (χ2n) is 4.63. The normalized spacial score (nSPS) is 29.2. The van der Waals surface area contributed by atoms with E-state index in [9.17, 15) is 4.79 Å². The fraction of sp³-hybridized carbons (Fsp3) is 0.917. The molecule has 0 aromatic rings. The molecule has 0 aromatic carbocycles. The van der Waals surface area contributed by atoms with Gasteiger partial charge < -0.3 is 13.6 Å². The highest BCUT2D eigenvalue weighted by Crippen LogP contribution is 2.44. The van der Waals surface area contributed by atoms with Crippen molar-refractivity contribution in [3.05, 3.63) is 0 Å². The first-order chi connectivity index (χ1) is 8.66. The maximum absolute atomic E-state index is 10.7. The lowest BCUT2D eigenvalue weighted by atomic mass is 10.0. The number of aliphatic imine (C=N–C) groups is 1. The lowest BCUT2D eigenvalue weighted by Gasteiger charge is -2.50. The summed E-state index contributed by atoms with van der Waals surface area (Å²) in [6.45, 7) is 2.08. The minimum absolute atomic E-state index is 0. The third-order valence-electron chi connectivity index (χ3n) is 4.02. The largest absolute Gasteiger partial charge is 0.396 e. The Morgan fingerprint density at radius 1 is 1.37 bits per heavy atom. The molecule has 112 valence electrons. The molecule has 2 atom stereocenters. The SMILES string of the molecule is CCCC1(OC)C(N=C=O)CCC[Si]1(OC)OC.[SiH4]. The molecule has 0 N–H and O–H groups in total. The molecule has 1 aliphatic rings. The van der Waals surface area contributed by atoms with Gasteiger partial charge in [0.25, 0.3) is 0 Å². The molecule has 2 unspecified atom stereocenters. The average Bonchev–Trinajstić information content (AvgIpc) is 2.41. The van der Waals surface area contributed by atoms with Crippen molar-refractivity contribution < 1.29 is 18.4 Å². The minimum Gasteiger partial charge on any atom is -0.396 e. The van der Waals surface area contributed by atoms with E-state index in [-0.39, 0.29) is 17.0 Å². The average molecular weight is 306 g/mol. The van der Waals surface area contributed by atoms with Gasteiger partial charge in [0, 0.05) is 21.3 Å². The van der Waals surface area contributed by atoms with E-state index in [1.165, 1.54) is 0 Å². The highest BCUT2D eigenvalue weighted by molar-refractivity contribution is 6.71. The van der Waals surface area contributed by atoms with Gasteiger partial charge in [0.2, 0.25) is 6.08 Å². The van der Waals surface area contributed by atoms with Crippen molar-refractivity contribution in [1.82, 2.24) is 0 Å². The molecule has 1 saturated heterocycles. The van der Waals surface area contributed by atoms with Gasteiger partial charge in [0.05, 0.1) is 6.04 Å². The topological polar surface area (TPSA) is 57.1 Å². The van der Waals surface area contributed by atoms with Crippen molar-refractivity contribution in [2.45, 2.75) is 49.9 Å². The molecule has 0 aromatic heterocycles. The van der Waals surface area contributed by atoms with Crippen LogP contribution in [0.15, 0.2) is 4.99 Å². The van der Waals surface area contributed by atoms with E-state index < -0.39 is 13.8 Å². The number of hydrogen-bond donors (Lipinski definition) is 0. The summed E-state index contributed by atoms with van der Waals surface area (Å²) >= 11 is 0. The van der Waals surface area contributed by atoms with E-state index in [1.807, 2.05) is 0 Å². The van der Waals surface area contributed by atoms with Gasteiger partial charge in [-0.1, -0.05) is 13.3 Å². The fourth-order valence-corrected chi connectivity index (χ4v) is 7.23. The lowest BCUT2D eigenvalue weighted by molar-refractivity contribution is -0.0272. The van der Waals surface area contributed by atoms with Crippen LogP contribution in [0.5, 0.6) is 0 Å². The van der Waals surface area contributed by atoms with E-state index in [0.717, 1.165) is 31.7 Å². The Labute approximate surface area is 121 Å². The summed E-state index contributed by atoms with van der Waals surface area (Å²) < 4.78 is 17.4. The Morgan fingerprint density at radius 3 is 2.42 bits per heavy atom. The second-order valence-corrected chi connectivity index (χ2v) is 8.30. The molecule has 0 amide bonds. The van der Waals surface area contributed by atoms with Crippen molar-refractivity contribution in [2.75, 3.05) is 21.3 Å². The van der Waals surface area contributed by atoms with Gasteiger partial charge >= 0.3 is 8.56 Å². The number of ether oxygens (including phenoxy) is 1. The van der Waals surface area contributed by atoms with Crippen LogP contribution in [0.1, 0.15) is 32.6 Å². The van der Waals surface area contributed by atoms with Crippen molar-refractivity contribution in [3.63, 3.8) is 0 Å². The molecule has 7 heteroatoms. The minimum atomic E-state index is -2.53. The van der Waals surface area contributed by atoms with Crippen molar-refractivity contribution in [2.24, 2.45) is 4.99 Å². The third-order valence-corrected chi connectivity index (χ3v) is 8.43. The van der Waals surface area contributed by atoms with Crippen LogP contribution in [-0.2, 0) is 18.4 Å². The first-order valence-electron chi connectivity index (χ1n) is 6.38. The van der Waals surface area contributed by atoms with Gasteiger partial charge in [-0.15, -0.1) is 0 Å². The zero-order valence-electron chi connectivity index (χ0n) is 11.7. The molecule has 1 heterocycles. The lowest BCUT2D eigenvalue weighted by Crippen LogP contribution is -2.70. The smallest absolute Gasteiger partial charge is 0.373 e. The molecule has 5 nitrogen and oxygen atoms in total. The zero-order chi connectivity index (χ0) is 13.6. The van der Waals surface area contributed by atoms with Crippen LogP contribution in [0.25, 0.3) is 0 Å². The molecule has 0 radical (unpaired) electrons. The Morgan fingerprint density at radius 2 is 2.00 bits per heavy atom. The molecular formula is C12H27NO4Si2. The number of methoxy groups -OCH3 is 1. The van der Waals surface area contributed by atoms with Gasteiger partial charge in [-0.05, 0) is 36.3 Å².